The number of halogens is 2. The number of nitrogens with one attached hydrogen (secondary N) is 1. The van der Waals surface area contributed by atoms with E-state index in [1.54, 1.807) is 45.2 Å². The lowest BCUT2D eigenvalue weighted by Gasteiger charge is -2.34. The molecule has 2 unspecified atom stereocenters. The molecular formula is C26H36ClFN2O5. The molecule has 7 atom stereocenters. The first kappa shape index (κ1) is 27.7. The first-order valence-corrected chi connectivity index (χ1v) is 12.6. The standard InChI is InChI=1S/C26H36ClFN2O5/c1-15-8-7-10-26(27)21(35-26)13-19(18(28)12-17-9-5-6-11-29-17)30-22(32)14-20(31)25(3,4)24(34)16(2)23(15)33/h5-6,9,11-12,15-16,19-21,23,31,33H,7-8,10,13-14H2,1-4H3,(H,30,32)/t15-,16+,19-,20-,21?,23-,26?/m0/s1. The number of alkyl halides is 1. The summed E-state index contributed by atoms with van der Waals surface area (Å²) in [5, 5.41) is 23.2. The Hall–Kier alpha value is -1.87. The van der Waals surface area contributed by atoms with Crippen LogP contribution in [0.5, 0.6) is 0 Å². The number of ketones is 1. The van der Waals surface area contributed by atoms with Crippen LogP contribution in [0, 0.1) is 17.3 Å². The zero-order chi connectivity index (χ0) is 26.0. The monoisotopic (exact) mass is 510 g/mol. The van der Waals surface area contributed by atoms with Crippen LogP contribution in [0.4, 0.5) is 4.39 Å². The summed E-state index contributed by atoms with van der Waals surface area (Å²) in [5.41, 5.74) is -0.884. The van der Waals surface area contributed by atoms with Crippen LogP contribution in [-0.4, -0.2) is 56.3 Å². The molecule has 0 radical (unpaired) electrons. The summed E-state index contributed by atoms with van der Waals surface area (Å²) in [6.07, 6.45) is 1.58. The van der Waals surface area contributed by atoms with Gasteiger partial charge in [-0.05, 0) is 43.4 Å². The average Bonchev–Trinajstić information content (AvgIpc) is 3.45. The van der Waals surface area contributed by atoms with Crippen molar-refractivity contribution in [2.45, 2.75) is 89.2 Å². The maximum absolute atomic E-state index is 15.3. The lowest BCUT2D eigenvalue weighted by atomic mass is 9.73. The van der Waals surface area contributed by atoms with Gasteiger partial charge in [0, 0.05) is 18.5 Å². The highest BCUT2D eigenvalue weighted by Crippen LogP contribution is 2.48. The maximum Gasteiger partial charge on any atom is 0.223 e. The Balaban J connectivity index is 1.86. The molecule has 0 bridgehead atoms. The molecule has 9 heteroatoms. The summed E-state index contributed by atoms with van der Waals surface area (Å²) in [4.78, 5) is 30.1. The normalized spacial score (nSPS) is 37.3. The molecule has 3 N–H and O–H groups in total. The minimum Gasteiger partial charge on any atom is -0.392 e. The summed E-state index contributed by atoms with van der Waals surface area (Å²) in [7, 11) is 0. The summed E-state index contributed by atoms with van der Waals surface area (Å²) in [5.74, 6) is -2.46. The van der Waals surface area contributed by atoms with Gasteiger partial charge in [0.25, 0.3) is 0 Å². The Morgan fingerprint density at radius 3 is 2.66 bits per heavy atom. The Morgan fingerprint density at radius 1 is 1.29 bits per heavy atom. The third kappa shape index (κ3) is 6.67. The summed E-state index contributed by atoms with van der Waals surface area (Å²) in [6.45, 7) is 6.62. The number of carbonyl (C=O) groups excluding carboxylic acids is 2. The molecule has 2 aliphatic rings. The van der Waals surface area contributed by atoms with Crippen LogP contribution in [0.25, 0.3) is 6.08 Å². The van der Waals surface area contributed by atoms with Crippen LogP contribution in [0.2, 0.25) is 0 Å². The van der Waals surface area contributed by atoms with Gasteiger partial charge in [-0.3, -0.25) is 14.6 Å². The number of amides is 1. The van der Waals surface area contributed by atoms with Gasteiger partial charge in [-0.25, -0.2) is 4.39 Å². The number of Topliss-reactive ketones (excluding diaryl/α,β-unsaturated/α-hetero) is 1. The first-order chi connectivity index (χ1) is 16.3. The van der Waals surface area contributed by atoms with E-state index in [1.807, 2.05) is 6.92 Å². The van der Waals surface area contributed by atoms with E-state index in [2.05, 4.69) is 10.3 Å². The van der Waals surface area contributed by atoms with Crippen molar-refractivity contribution in [3.8, 4) is 0 Å². The van der Waals surface area contributed by atoms with Gasteiger partial charge in [0.05, 0.1) is 35.8 Å². The second kappa shape index (κ2) is 11.0. The lowest BCUT2D eigenvalue weighted by molar-refractivity contribution is -0.143. The Kier molecular flexibility index (Phi) is 8.73. The number of aromatic nitrogens is 1. The summed E-state index contributed by atoms with van der Waals surface area (Å²) in [6, 6.07) is 4.06. The number of hydrogen-bond acceptors (Lipinski definition) is 6. The maximum atomic E-state index is 15.3. The number of fused-ring (bicyclic) bond motifs is 1. The fourth-order valence-corrected chi connectivity index (χ4v) is 5.05. The average molecular weight is 511 g/mol. The highest BCUT2D eigenvalue weighted by atomic mass is 35.5. The number of carbonyl (C=O) groups is 2. The Labute approximate surface area is 211 Å². The van der Waals surface area contributed by atoms with Gasteiger partial charge in [0.1, 0.15) is 17.7 Å². The van der Waals surface area contributed by atoms with Gasteiger partial charge in [-0.1, -0.05) is 45.4 Å². The molecular weight excluding hydrogens is 475 g/mol. The molecule has 2 saturated heterocycles. The number of epoxide rings is 1. The molecule has 3 rings (SSSR count). The third-order valence-electron chi connectivity index (χ3n) is 7.39. The summed E-state index contributed by atoms with van der Waals surface area (Å²) >= 11 is 6.59. The van der Waals surface area contributed by atoms with Crippen LogP contribution in [0.3, 0.4) is 0 Å². The molecule has 1 amide bonds. The fourth-order valence-electron chi connectivity index (χ4n) is 4.72. The van der Waals surface area contributed by atoms with Gasteiger partial charge in [-0.2, -0.15) is 0 Å². The van der Waals surface area contributed by atoms with E-state index in [4.69, 9.17) is 16.3 Å². The van der Waals surface area contributed by atoms with E-state index >= 15 is 4.39 Å². The number of nitrogens with zero attached hydrogens (tertiary/aromatic N) is 1. The molecule has 0 saturated carbocycles. The molecule has 0 aliphatic carbocycles. The van der Waals surface area contributed by atoms with Crippen LogP contribution in [0.15, 0.2) is 30.2 Å². The number of ether oxygens (including phenoxy) is 1. The largest absolute Gasteiger partial charge is 0.392 e. The molecule has 194 valence electrons. The second-order valence-corrected chi connectivity index (χ2v) is 11.1. The Bertz CT molecular complexity index is 943. The smallest absolute Gasteiger partial charge is 0.223 e. The van der Waals surface area contributed by atoms with Crippen molar-refractivity contribution in [1.29, 1.82) is 0 Å². The molecule has 3 heterocycles. The summed E-state index contributed by atoms with van der Waals surface area (Å²) < 4.78 is 21.0. The number of aliphatic hydroxyl groups is 2. The molecule has 2 fully saturated rings. The van der Waals surface area contributed by atoms with Crippen LogP contribution < -0.4 is 5.32 Å². The van der Waals surface area contributed by atoms with Crippen molar-refractivity contribution in [3.63, 3.8) is 0 Å². The molecule has 35 heavy (non-hydrogen) atoms. The van der Waals surface area contributed by atoms with Crippen molar-refractivity contribution in [2.75, 3.05) is 0 Å². The van der Waals surface area contributed by atoms with E-state index in [0.29, 0.717) is 25.0 Å². The van der Waals surface area contributed by atoms with Crippen molar-refractivity contribution in [1.82, 2.24) is 10.3 Å². The van der Waals surface area contributed by atoms with E-state index in [-0.39, 0.29) is 18.1 Å². The molecule has 7 nitrogen and oxygen atoms in total. The van der Waals surface area contributed by atoms with E-state index in [1.165, 1.54) is 6.08 Å². The van der Waals surface area contributed by atoms with E-state index < -0.39 is 58.9 Å². The third-order valence-corrected chi connectivity index (χ3v) is 7.91. The zero-order valence-corrected chi connectivity index (χ0v) is 21.5. The first-order valence-electron chi connectivity index (χ1n) is 12.2. The van der Waals surface area contributed by atoms with Crippen LogP contribution in [-0.2, 0) is 14.3 Å². The second-order valence-electron chi connectivity index (χ2n) is 10.5. The number of rotatable bonds is 2. The van der Waals surface area contributed by atoms with E-state index in [0.717, 1.165) is 0 Å². The zero-order valence-electron chi connectivity index (χ0n) is 20.7. The minimum absolute atomic E-state index is 0.109. The minimum atomic E-state index is -1.32. The van der Waals surface area contributed by atoms with Gasteiger partial charge < -0.3 is 20.3 Å². The Morgan fingerprint density at radius 2 is 2.00 bits per heavy atom. The number of aliphatic hydroxyl groups excluding tert-OH is 2. The number of pyridine rings is 1. The van der Waals surface area contributed by atoms with Gasteiger partial charge in [0.15, 0.2) is 5.06 Å². The van der Waals surface area contributed by atoms with Crippen molar-refractivity contribution < 1.29 is 28.9 Å². The molecule has 1 aromatic rings. The van der Waals surface area contributed by atoms with Crippen molar-refractivity contribution in [2.24, 2.45) is 17.3 Å². The fraction of sp³-hybridized carbons (Fsp3) is 0.654. The van der Waals surface area contributed by atoms with Gasteiger partial charge in [0.2, 0.25) is 5.91 Å². The van der Waals surface area contributed by atoms with Crippen LogP contribution >= 0.6 is 11.6 Å². The molecule has 0 aromatic carbocycles. The number of hydrogen-bond donors (Lipinski definition) is 3. The molecule has 0 spiro atoms. The predicted octanol–water partition coefficient (Wildman–Crippen LogP) is 3.76. The van der Waals surface area contributed by atoms with Gasteiger partial charge >= 0.3 is 0 Å². The van der Waals surface area contributed by atoms with Crippen LogP contribution in [0.1, 0.15) is 65.5 Å². The molecule has 2 aliphatic heterocycles. The SMILES string of the molecule is C[C@H]1CCCC2(Cl)OC2C[C@@H](C(F)=Cc2ccccn2)NC(=O)C[C@H](O)C(C)(C)C(=O)[C@H](C)[C@H]1O. The highest BCUT2D eigenvalue weighted by Gasteiger charge is 2.55. The predicted molar refractivity (Wildman–Crippen MR) is 131 cm³/mol. The highest BCUT2D eigenvalue weighted by molar-refractivity contribution is 6.25. The van der Waals surface area contributed by atoms with E-state index in [9.17, 15) is 19.8 Å². The molecule has 1 aromatic heterocycles. The lowest BCUT2D eigenvalue weighted by Crippen LogP contribution is -2.47. The van der Waals surface area contributed by atoms with Gasteiger partial charge in [-0.15, -0.1) is 0 Å². The van der Waals surface area contributed by atoms with Crippen molar-refractivity contribution >= 4 is 29.4 Å². The van der Waals surface area contributed by atoms with Crippen molar-refractivity contribution in [3.05, 3.63) is 35.9 Å². The topological polar surface area (TPSA) is 112 Å². The quantitative estimate of drug-likeness (QED) is 0.412.